The first kappa shape index (κ1) is 15.8. The summed E-state index contributed by atoms with van der Waals surface area (Å²) in [5.74, 6) is 0. The van der Waals surface area contributed by atoms with Gasteiger partial charge in [0.05, 0.1) is 16.2 Å². The lowest BCUT2D eigenvalue weighted by Crippen LogP contribution is -2.06. The van der Waals surface area contributed by atoms with Gasteiger partial charge in [0.15, 0.2) is 9.84 Å². The van der Waals surface area contributed by atoms with Gasteiger partial charge in [0.2, 0.25) is 0 Å². The smallest absolute Gasteiger partial charge is 0.236 e. The summed E-state index contributed by atoms with van der Waals surface area (Å²) in [5.41, 5.74) is -0.546. The molecule has 112 valence electrons. The number of hydrogen-bond acceptors (Lipinski definition) is 3. The highest BCUT2D eigenvalue weighted by Crippen LogP contribution is 2.33. The molecule has 2 aromatic rings. The van der Waals surface area contributed by atoms with Crippen molar-refractivity contribution in [2.24, 2.45) is 0 Å². The number of alkyl halides is 3. The number of aromatic nitrogens is 1. The highest BCUT2D eigenvalue weighted by Gasteiger charge is 2.31. The van der Waals surface area contributed by atoms with E-state index in [0.717, 1.165) is 18.4 Å². The molecule has 3 nitrogen and oxygen atoms in total. The first-order chi connectivity index (χ1) is 9.57. The van der Waals surface area contributed by atoms with E-state index in [0.29, 0.717) is 5.56 Å². The molecule has 0 fully saturated rings. The average molecular weight is 336 g/mol. The van der Waals surface area contributed by atoms with Crippen molar-refractivity contribution in [1.82, 2.24) is 4.98 Å². The van der Waals surface area contributed by atoms with Crippen molar-refractivity contribution in [2.45, 2.75) is 11.1 Å². The summed E-state index contributed by atoms with van der Waals surface area (Å²) in [5, 5.41) is -0.285. The van der Waals surface area contributed by atoms with Gasteiger partial charge in [-0.25, -0.2) is 13.4 Å². The molecule has 1 heterocycles. The van der Waals surface area contributed by atoms with Crippen LogP contribution in [0.1, 0.15) is 5.56 Å². The van der Waals surface area contributed by atoms with E-state index in [4.69, 9.17) is 11.6 Å². The number of pyridine rings is 1. The first-order valence-corrected chi connectivity index (χ1v) is 7.89. The van der Waals surface area contributed by atoms with Crippen LogP contribution < -0.4 is 0 Å². The van der Waals surface area contributed by atoms with E-state index in [1.807, 2.05) is 0 Å². The number of hydrogen-bond donors (Lipinski definition) is 0. The molecular weight excluding hydrogens is 327 g/mol. The third kappa shape index (κ3) is 3.74. The molecule has 0 aliphatic rings. The lowest BCUT2D eigenvalue weighted by Gasteiger charge is -2.09. The first-order valence-electron chi connectivity index (χ1n) is 5.62. The van der Waals surface area contributed by atoms with Crippen LogP contribution in [0.2, 0.25) is 5.15 Å². The molecule has 0 spiro atoms. The van der Waals surface area contributed by atoms with E-state index >= 15 is 0 Å². The fourth-order valence-electron chi connectivity index (χ4n) is 1.68. The van der Waals surface area contributed by atoms with Crippen molar-refractivity contribution < 1.29 is 21.6 Å². The van der Waals surface area contributed by atoms with Gasteiger partial charge >= 0.3 is 6.18 Å². The van der Waals surface area contributed by atoms with E-state index in [9.17, 15) is 21.6 Å². The summed E-state index contributed by atoms with van der Waals surface area (Å²) in [6.45, 7) is 0. The second kappa shape index (κ2) is 5.31. The Morgan fingerprint density at radius 2 is 1.67 bits per heavy atom. The molecular formula is C13H9ClF3NO2S. The number of nitrogens with zero attached hydrogens (tertiary/aromatic N) is 1. The molecule has 2 rings (SSSR count). The van der Waals surface area contributed by atoms with Gasteiger partial charge in [0.1, 0.15) is 5.15 Å². The van der Waals surface area contributed by atoms with E-state index in [2.05, 4.69) is 4.98 Å². The van der Waals surface area contributed by atoms with Gasteiger partial charge < -0.3 is 0 Å². The lowest BCUT2D eigenvalue weighted by molar-refractivity contribution is -0.137. The SMILES string of the molecule is CS(=O)(=O)c1ccc(-c2cc(C(F)(F)F)cc(Cl)n2)cc1. The Hall–Kier alpha value is -1.60. The number of rotatable bonds is 2. The van der Waals surface area contributed by atoms with Crippen LogP contribution in [0.15, 0.2) is 41.3 Å². The van der Waals surface area contributed by atoms with Gasteiger partial charge in [-0.1, -0.05) is 23.7 Å². The third-order valence-electron chi connectivity index (χ3n) is 2.70. The second-order valence-electron chi connectivity index (χ2n) is 4.36. The Balaban J connectivity index is 2.50. The molecule has 0 saturated carbocycles. The van der Waals surface area contributed by atoms with E-state index < -0.39 is 21.6 Å². The summed E-state index contributed by atoms with van der Waals surface area (Å²) in [6, 6.07) is 6.97. The molecule has 21 heavy (non-hydrogen) atoms. The monoisotopic (exact) mass is 335 g/mol. The molecule has 0 radical (unpaired) electrons. The van der Waals surface area contributed by atoms with Crippen molar-refractivity contribution in [3.05, 3.63) is 47.1 Å². The highest BCUT2D eigenvalue weighted by molar-refractivity contribution is 7.90. The van der Waals surface area contributed by atoms with Gasteiger partial charge in [0, 0.05) is 11.8 Å². The zero-order valence-corrected chi connectivity index (χ0v) is 12.2. The van der Waals surface area contributed by atoms with E-state index in [1.54, 1.807) is 0 Å². The van der Waals surface area contributed by atoms with Gasteiger partial charge in [-0.05, 0) is 24.3 Å². The standard InChI is InChI=1S/C13H9ClF3NO2S/c1-21(19,20)10-4-2-8(3-5-10)11-6-9(13(15,16)17)7-12(14)18-11/h2-7H,1H3. The minimum Gasteiger partial charge on any atom is -0.236 e. The molecule has 0 aliphatic carbocycles. The molecule has 0 aliphatic heterocycles. The van der Waals surface area contributed by atoms with Crippen LogP contribution in [0.5, 0.6) is 0 Å². The van der Waals surface area contributed by atoms with Crippen molar-refractivity contribution in [3.8, 4) is 11.3 Å². The number of benzene rings is 1. The van der Waals surface area contributed by atoms with Gasteiger partial charge in [-0.15, -0.1) is 0 Å². The Morgan fingerprint density at radius 1 is 1.10 bits per heavy atom. The molecule has 8 heteroatoms. The fraction of sp³-hybridized carbons (Fsp3) is 0.154. The number of sulfone groups is 1. The fourth-order valence-corrected chi connectivity index (χ4v) is 2.52. The third-order valence-corrected chi connectivity index (χ3v) is 4.02. The molecule has 0 amide bonds. The zero-order valence-electron chi connectivity index (χ0n) is 10.6. The molecule has 0 saturated heterocycles. The van der Waals surface area contributed by atoms with Crippen LogP contribution in [0, 0.1) is 0 Å². The maximum Gasteiger partial charge on any atom is 0.416 e. The van der Waals surface area contributed by atoms with E-state index in [-0.39, 0.29) is 15.7 Å². The van der Waals surface area contributed by atoms with Crippen molar-refractivity contribution >= 4 is 21.4 Å². The quantitative estimate of drug-likeness (QED) is 0.784. The molecule has 0 unspecified atom stereocenters. The maximum atomic E-state index is 12.7. The summed E-state index contributed by atoms with van der Waals surface area (Å²) in [7, 11) is -3.37. The van der Waals surface area contributed by atoms with Crippen LogP contribution >= 0.6 is 11.6 Å². The summed E-state index contributed by atoms with van der Waals surface area (Å²) >= 11 is 5.60. The Kier molecular flexibility index (Phi) is 3.99. The molecule has 0 bridgehead atoms. The average Bonchev–Trinajstić information content (AvgIpc) is 2.36. The van der Waals surface area contributed by atoms with Crippen LogP contribution in [-0.2, 0) is 16.0 Å². The summed E-state index contributed by atoms with van der Waals surface area (Å²) in [6.07, 6.45) is -3.49. The maximum absolute atomic E-state index is 12.7. The van der Waals surface area contributed by atoms with Gasteiger partial charge in [0.25, 0.3) is 0 Å². The highest BCUT2D eigenvalue weighted by atomic mass is 35.5. The van der Waals surface area contributed by atoms with Crippen LogP contribution in [0.25, 0.3) is 11.3 Å². The largest absolute Gasteiger partial charge is 0.416 e. The van der Waals surface area contributed by atoms with Crippen molar-refractivity contribution in [1.29, 1.82) is 0 Å². The Morgan fingerprint density at radius 3 is 2.14 bits per heavy atom. The van der Waals surface area contributed by atoms with E-state index in [1.165, 1.54) is 24.3 Å². The predicted molar refractivity (Wildman–Crippen MR) is 72.8 cm³/mol. The van der Waals surface area contributed by atoms with Crippen LogP contribution in [0.4, 0.5) is 13.2 Å². The molecule has 0 atom stereocenters. The predicted octanol–water partition coefficient (Wildman–Crippen LogP) is 3.82. The van der Waals surface area contributed by atoms with Crippen molar-refractivity contribution in [2.75, 3.05) is 6.26 Å². The minimum atomic E-state index is -4.53. The van der Waals surface area contributed by atoms with Crippen LogP contribution in [0.3, 0.4) is 0 Å². The topological polar surface area (TPSA) is 47.0 Å². The molecule has 0 N–H and O–H groups in total. The normalized spacial score (nSPS) is 12.4. The Bertz CT molecular complexity index is 771. The molecule has 1 aromatic heterocycles. The Labute approximate surface area is 124 Å². The molecule has 1 aromatic carbocycles. The van der Waals surface area contributed by atoms with Gasteiger partial charge in [-0.2, -0.15) is 13.2 Å². The van der Waals surface area contributed by atoms with Gasteiger partial charge in [-0.3, -0.25) is 0 Å². The van der Waals surface area contributed by atoms with Crippen LogP contribution in [-0.4, -0.2) is 19.7 Å². The zero-order chi connectivity index (χ0) is 15.8. The van der Waals surface area contributed by atoms with Crippen molar-refractivity contribution in [3.63, 3.8) is 0 Å². The lowest BCUT2D eigenvalue weighted by atomic mass is 10.1. The number of halogens is 4. The second-order valence-corrected chi connectivity index (χ2v) is 6.76. The summed E-state index contributed by atoms with van der Waals surface area (Å²) < 4.78 is 60.8. The minimum absolute atomic E-state index is 0.0230. The summed E-state index contributed by atoms with van der Waals surface area (Å²) in [4.78, 5) is 3.90.